The lowest BCUT2D eigenvalue weighted by Crippen LogP contribution is -2.33. The lowest BCUT2D eigenvalue weighted by Gasteiger charge is -2.08. The second-order valence-corrected chi connectivity index (χ2v) is 6.79. The Morgan fingerprint density at radius 3 is 2.67 bits per heavy atom. The summed E-state index contributed by atoms with van der Waals surface area (Å²) in [5.74, 6) is -0.155. The van der Waals surface area contributed by atoms with Crippen molar-refractivity contribution in [2.24, 2.45) is 0 Å². The van der Waals surface area contributed by atoms with Crippen LogP contribution in [0.1, 0.15) is 29.5 Å². The van der Waals surface area contributed by atoms with Crippen molar-refractivity contribution in [1.29, 1.82) is 0 Å². The number of carbonyl (C=O) groups excluding carboxylic acids is 1. The standard InChI is InChI=1S/C18H20N4O2/c1-10-6-11(2)16-13(7-10)8-12(3)17-20-21(18(24)22(16)17)9-15(23)19-14-4-5-14/h6-8,14H,4-5,9H2,1-3H3,(H,19,23). The Labute approximate surface area is 139 Å². The van der Waals surface area contributed by atoms with E-state index in [1.165, 1.54) is 4.68 Å². The molecule has 0 atom stereocenters. The van der Waals surface area contributed by atoms with Crippen LogP contribution in [0.5, 0.6) is 0 Å². The van der Waals surface area contributed by atoms with E-state index in [-0.39, 0.29) is 24.2 Å². The van der Waals surface area contributed by atoms with Gasteiger partial charge in [-0.15, -0.1) is 5.10 Å². The average Bonchev–Trinajstić information content (AvgIpc) is 3.24. The summed E-state index contributed by atoms with van der Waals surface area (Å²) < 4.78 is 2.89. The summed E-state index contributed by atoms with van der Waals surface area (Å²) in [6.45, 7) is 5.93. The maximum absolute atomic E-state index is 12.9. The SMILES string of the molecule is Cc1cc(C)c2c(c1)cc(C)c1nn(CC(=O)NC3CC3)c(=O)n12. The number of nitrogens with zero attached hydrogens (tertiary/aromatic N) is 3. The van der Waals surface area contributed by atoms with Crippen LogP contribution in [-0.4, -0.2) is 26.1 Å². The molecule has 24 heavy (non-hydrogen) atoms. The fourth-order valence-corrected chi connectivity index (χ4v) is 3.31. The Morgan fingerprint density at radius 2 is 1.96 bits per heavy atom. The fourth-order valence-electron chi connectivity index (χ4n) is 3.31. The van der Waals surface area contributed by atoms with Gasteiger partial charge in [0.25, 0.3) is 0 Å². The van der Waals surface area contributed by atoms with Gasteiger partial charge in [-0.3, -0.25) is 4.79 Å². The minimum absolute atomic E-state index is 0.0388. The van der Waals surface area contributed by atoms with Crippen LogP contribution in [0.4, 0.5) is 0 Å². The van der Waals surface area contributed by atoms with Gasteiger partial charge in [0, 0.05) is 6.04 Å². The number of rotatable bonds is 3. The normalized spacial score (nSPS) is 14.5. The van der Waals surface area contributed by atoms with Crippen molar-refractivity contribution in [2.75, 3.05) is 0 Å². The maximum atomic E-state index is 12.9. The minimum atomic E-state index is -0.267. The van der Waals surface area contributed by atoms with Crippen LogP contribution in [-0.2, 0) is 11.3 Å². The zero-order valence-electron chi connectivity index (χ0n) is 14.1. The van der Waals surface area contributed by atoms with Gasteiger partial charge in [-0.2, -0.15) is 0 Å². The summed E-state index contributed by atoms with van der Waals surface area (Å²) in [6.07, 6.45) is 2.04. The molecule has 1 fully saturated rings. The number of nitrogens with one attached hydrogen (secondary N) is 1. The molecule has 124 valence electrons. The topological polar surface area (TPSA) is 68.4 Å². The summed E-state index contributed by atoms with van der Waals surface area (Å²) in [5.41, 5.74) is 4.31. The molecular weight excluding hydrogens is 304 g/mol. The number of aromatic nitrogens is 3. The van der Waals surface area contributed by atoms with Crippen molar-refractivity contribution in [3.8, 4) is 0 Å². The van der Waals surface area contributed by atoms with Gasteiger partial charge in [-0.05, 0) is 62.3 Å². The summed E-state index contributed by atoms with van der Waals surface area (Å²) >= 11 is 0. The Kier molecular flexibility index (Phi) is 3.23. The van der Waals surface area contributed by atoms with E-state index in [2.05, 4.69) is 22.5 Å². The van der Waals surface area contributed by atoms with E-state index in [9.17, 15) is 9.59 Å². The summed E-state index contributed by atoms with van der Waals surface area (Å²) in [5, 5.41) is 8.31. The smallest absolute Gasteiger partial charge is 0.351 e. The number of fused-ring (bicyclic) bond motifs is 3. The number of pyridine rings is 1. The molecule has 0 aliphatic heterocycles. The minimum Gasteiger partial charge on any atom is -0.352 e. The van der Waals surface area contributed by atoms with Crippen molar-refractivity contribution >= 4 is 22.5 Å². The number of hydrogen-bond donors (Lipinski definition) is 1. The lowest BCUT2D eigenvalue weighted by atomic mass is 10.1. The molecule has 1 amide bonds. The highest BCUT2D eigenvalue weighted by Crippen LogP contribution is 2.23. The van der Waals surface area contributed by atoms with E-state index >= 15 is 0 Å². The van der Waals surface area contributed by atoms with Crippen molar-refractivity contribution < 1.29 is 4.79 Å². The zero-order valence-corrected chi connectivity index (χ0v) is 14.1. The Hall–Kier alpha value is -2.63. The van der Waals surface area contributed by atoms with E-state index in [1.807, 2.05) is 26.8 Å². The lowest BCUT2D eigenvalue weighted by molar-refractivity contribution is -0.122. The fraction of sp³-hybridized carbons (Fsp3) is 0.389. The summed E-state index contributed by atoms with van der Waals surface area (Å²) in [4.78, 5) is 24.9. The molecule has 2 heterocycles. The second-order valence-electron chi connectivity index (χ2n) is 6.79. The third-order valence-electron chi connectivity index (χ3n) is 4.50. The molecule has 0 unspecified atom stereocenters. The summed E-state index contributed by atoms with van der Waals surface area (Å²) in [6, 6.07) is 6.45. The van der Waals surface area contributed by atoms with Crippen LogP contribution in [0, 0.1) is 20.8 Å². The van der Waals surface area contributed by atoms with Crippen molar-refractivity contribution in [3.05, 3.63) is 45.4 Å². The second kappa shape index (κ2) is 5.19. The van der Waals surface area contributed by atoms with Crippen LogP contribution in [0.25, 0.3) is 16.6 Å². The van der Waals surface area contributed by atoms with Crippen LogP contribution >= 0.6 is 0 Å². The first-order chi connectivity index (χ1) is 11.4. The molecule has 1 saturated carbocycles. The van der Waals surface area contributed by atoms with E-state index < -0.39 is 0 Å². The number of hydrogen-bond acceptors (Lipinski definition) is 3. The number of amides is 1. The quantitative estimate of drug-likeness (QED) is 0.799. The highest BCUT2D eigenvalue weighted by molar-refractivity contribution is 5.86. The van der Waals surface area contributed by atoms with Gasteiger partial charge in [0.05, 0.1) is 5.52 Å². The van der Waals surface area contributed by atoms with E-state index in [1.54, 1.807) is 4.40 Å². The van der Waals surface area contributed by atoms with Gasteiger partial charge in [-0.1, -0.05) is 11.6 Å². The molecule has 6 nitrogen and oxygen atoms in total. The number of carbonyl (C=O) groups is 1. The van der Waals surface area contributed by atoms with Crippen LogP contribution in [0.3, 0.4) is 0 Å². The predicted molar refractivity (Wildman–Crippen MR) is 92.3 cm³/mol. The highest BCUT2D eigenvalue weighted by atomic mass is 16.2. The average molecular weight is 324 g/mol. The van der Waals surface area contributed by atoms with Crippen molar-refractivity contribution in [3.63, 3.8) is 0 Å². The molecule has 1 aromatic carbocycles. The number of benzene rings is 1. The largest absolute Gasteiger partial charge is 0.352 e. The molecular formula is C18H20N4O2. The van der Waals surface area contributed by atoms with Gasteiger partial charge in [0.15, 0.2) is 5.65 Å². The van der Waals surface area contributed by atoms with Gasteiger partial charge in [-0.25, -0.2) is 13.9 Å². The molecule has 0 spiro atoms. The van der Waals surface area contributed by atoms with Gasteiger partial charge in [0.1, 0.15) is 6.54 Å². The third kappa shape index (κ3) is 2.38. The molecule has 4 rings (SSSR count). The monoisotopic (exact) mass is 324 g/mol. The summed E-state index contributed by atoms with van der Waals surface area (Å²) in [7, 11) is 0. The zero-order chi connectivity index (χ0) is 17.0. The third-order valence-corrected chi connectivity index (χ3v) is 4.50. The van der Waals surface area contributed by atoms with Gasteiger partial charge in [0.2, 0.25) is 5.91 Å². The molecule has 1 aliphatic rings. The Balaban J connectivity index is 1.90. The molecule has 6 heteroatoms. The van der Waals surface area contributed by atoms with E-state index in [0.717, 1.165) is 40.4 Å². The molecule has 0 radical (unpaired) electrons. The van der Waals surface area contributed by atoms with Gasteiger partial charge >= 0.3 is 5.69 Å². The van der Waals surface area contributed by atoms with E-state index in [0.29, 0.717) is 5.65 Å². The van der Waals surface area contributed by atoms with E-state index in [4.69, 9.17) is 0 Å². The van der Waals surface area contributed by atoms with Crippen LogP contribution in [0.15, 0.2) is 23.0 Å². The predicted octanol–water partition coefficient (Wildman–Crippen LogP) is 1.85. The van der Waals surface area contributed by atoms with Crippen molar-refractivity contribution in [1.82, 2.24) is 19.5 Å². The molecule has 0 saturated heterocycles. The Morgan fingerprint density at radius 1 is 1.21 bits per heavy atom. The first-order valence-corrected chi connectivity index (χ1v) is 8.23. The molecule has 1 N–H and O–H groups in total. The molecule has 0 bridgehead atoms. The van der Waals surface area contributed by atoms with Gasteiger partial charge < -0.3 is 5.32 Å². The number of aryl methyl sites for hydroxylation is 3. The molecule has 1 aliphatic carbocycles. The van der Waals surface area contributed by atoms with Crippen LogP contribution in [0.2, 0.25) is 0 Å². The highest BCUT2D eigenvalue weighted by Gasteiger charge is 2.24. The molecule has 3 aromatic rings. The maximum Gasteiger partial charge on any atom is 0.351 e. The first kappa shape index (κ1) is 14.9. The first-order valence-electron chi connectivity index (χ1n) is 8.23. The molecule has 2 aromatic heterocycles. The Bertz CT molecular complexity index is 1040. The van der Waals surface area contributed by atoms with Crippen molar-refractivity contribution in [2.45, 2.75) is 46.2 Å². The van der Waals surface area contributed by atoms with Crippen LogP contribution < -0.4 is 11.0 Å².